The molecule has 0 fully saturated rings. The molecule has 0 N–H and O–H groups in total. The van der Waals surface area contributed by atoms with E-state index in [0.29, 0.717) is 5.78 Å². The summed E-state index contributed by atoms with van der Waals surface area (Å²) in [5.74, 6) is 0.417. The third-order valence-electron chi connectivity index (χ3n) is 4.67. The Kier molecular flexibility index (Phi) is 4.28. The Hall–Kier alpha value is -2.09. The fourth-order valence-corrected chi connectivity index (χ4v) is 3.40. The highest BCUT2D eigenvalue weighted by molar-refractivity contribution is 6.02. The second-order valence-corrected chi connectivity index (χ2v) is 5.97. The molecule has 22 heavy (non-hydrogen) atoms. The van der Waals surface area contributed by atoms with Gasteiger partial charge in [0.15, 0.2) is 5.78 Å². The van der Waals surface area contributed by atoms with Crippen LogP contribution >= 0.6 is 0 Å². The number of carbonyl (C=O) groups excluding carboxylic acids is 1. The monoisotopic (exact) mass is 293 g/mol. The lowest BCUT2D eigenvalue weighted by Gasteiger charge is -2.21. The van der Waals surface area contributed by atoms with Gasteiger partial charge in [-0.2, -0.15) is 0 Å². The van der Waals surface area contributed by atoms with Crippen LogP contribution in [0.15, 0.2) is 48.5 Å². The zero-order chi connectivity index (χ0) is 15.5. The molecule has 0 saturated heterocycles. The fourth-order valence-electron chi connectivity index (χ4n) is 3.40. The lowest BCUT2D eigenvalue weighted by atomic mass is 9.95. The Balaban J connectivity index is 1.71. The molecule has 1 aliphatic carbocycles. The maximum absolute atomic E-state index is 12.5. The quantitative estimate of drug-likeness (QED) is 0.826. The number of Topliss-reactive ketones (excluding diaryl/α,β-unsaturated/α-hetero) is 1. The van der Waals surface area contributed by atoms with Crippen molar-refractivity contribution in [2.75, 3.05) is 18.0 Å². The molecule has 2 heteroatoms. The smallest absolute Gasteiger partial charge is 0.166 e. The van der Waals surface area contributed by atoms with E-state index in [9.17, 15) is 4.79 Å². The molecule has 0 aliphatic heterocycles. The molecular weight excluding hydrogens is 270 g/mol. The highest BCUT2D eigenvalue weighted by Gasteiger charge is 2.29. The molecule has 3 rings (SSSR count). The molecule has 0 amide bonds. The van der Waals surface area contributed by atoms with Gasteiger partial charge < -0.3 is 4.90 Å². The first kappa shape index (κ1) is 14.8. The maximum atomic E-state index is 12.5. The van der Waals surface area contributed by atoms with Crippen molar-refractivity contribution in [1.29, 1.82) is 0 Å². The minimum atomic E-state index is 0.108. The van der Waals surface area contributed by atoms with Crippen molar-refractivity contribution >= 4 is 11.5 Å². The molecule has 2 aromatic rings. The van der Waals surface area contributed by atoms with Crippen LogP contribution in [0.2, 0.25) is 0 Å². The highest BCUT2D eigenvalue weighted by atomic mass is 16.1. The summed E-state index contributed by atoms with van der Waals surface area (Å²) in [6.45, 7) is 6.39. The molecule has 1 aliphatic rings. The number of nitrogens with zero attached hydrogens (tertiary/aromatic N) is 1. The molecule has 0 saturated carbocycles. The Morgan fingerprint density at radius 2 is 1.68 bits per heavy atom. The minimum absolute atomic E-state index is 0.108. The van der Waals surface area contributed by atoms with Crippen molar-refractivity contribution in [2.24, 2.45) is 5.92 Å². The molecule has 1 atom stereocenters. The summed E-state index contributed by atoms with van der Waals surface area (Å²) in [6, 6.07) is 16.7. The van der Waals surface area contributed by atoms with Crippen LogP contribution in [0.3, 0.4) is 0 Å². The Bertz CT molecular complexity index is 656. The molecule has 114 valence electrons. The third-order valence-corrected chi connectivity index (χ3v) is 4.67. The number of rotatable bonds is 5. The van der Waals surface area contributed by atoms with E-state index in [-0.39, 0.29) is 5.92 Å². The van der Waals surface area contributed by atoms with Crippen LogP contribution < -0.4 is 4.90 Å². The predicted octanol–water partition coefficient (Wildman–Crippen LogP) is 4.13. The number of fused-ring (bicyclic) bond motifs is 1. The van der Waals surface area contributed by atoms with Crippen LogP contribution in [0.1, 0.15) is 35.3 Å². The molecular formula is C20H23NO. The number of hydrogen-bond donors (Lipinski definition) is 0. The Labute approximate surface area is 132 Å². The van der Waals surface area contributed by atoms with Gasteiger partial charge in [-0.1, -0.05) is 36.4 Å². The van der Waals surface area contributed by atoms with E-state index in [4.69, 9.17) is 0 Å². The van der Waals surface area contributed by atoms with Crippen molar-refractivity contribution < 1.29 is 4.79 Å². The zero-order valence-electron chi connectivity index (χ0n) is 13.4. The first-order valence-corrected chi connectivity index (χ1v) is 8.19. The van der Waals surface area contributed by atoms with Gasteiger partial charge in [0.05, 0.1) is 0 Å². The Morgan fingerprint density at radius 1 is 1.00 bits per heavy atom. The van der Waals surface area contributed by atoms with E-state index in [1.165, 1.54) is 16.8 Å². The summed E-state index contributed by atoms with van der Waals surface area (Å²) in [5.41, 5.74) is 4.64. The molecule has 0 bridgehead atoms. The van der Waals surface area contributed by atoms with E-state index in [0.717, 1.165) is 31.5 Å². The minimum Gasteiger partial charge on any atom is -0.372 e. The number of hydrogen-bond acceptors (Lipinski definition) is 2. The average Bonchev–Trinajstić information content (AvgIpc) is 2.87. The second-order valence-electron chi connectivity index (χ2n) is 5.97. The van der Waals surface area contributed by atoms with Crippen LogP contribution in [0.25, 0.3) is 0 Å². The van der Waals surface area contributed by atoms with E-state index in [1.807, 2.05) is 18.2 Å². The van der Waals surface area contributed by atoms with Crippen molar-refractivity contribution in [2.45, 2.75) is 26.7 Å². The van der Waals surface area contributed by atoms with Gasteiger partial charge in [-0.3, -0.25) is 4.79 Å². The molecule has 0 spiro atoms. The SMILES string of the molecule is CCN(CC)c1ccc(CC2Cc3ccccc3C2=O)cc1. The van der Waals surface area contributed by atoms with Crippen molar-refractivity contribution in [3.63, 3.8) is 0 Å². The molecule has 2 nitrogen and oxygen atoms in total. The van der Waals surface area contributed by atoms with Crippen molar-refractivity contribution in [3.05, 3.63) is 65.2 Å². The zero-order valence-corrected chi connectivity index (χ0v) is 13.4. The van der Waals surface area contributed by atoms with E-state index < -0.39 is 0 Å². The lowest BCUT2D eigenvalue weighted by molar-refractivity contribution is 0.0936. The summed E-state index contributed by atoms with van der Waals surface area (Å²) >= 11 is 0. The number of anilines is 1. The predicted molar refractivity (Wildman–Crippen MR) is 91.7 cm³/mol. The van der Waals surface area contributed by atoms with Gasteiger partial charge in [0.1, 0.15) is 0 Å². The molecule has 0 aromatic heterocycles. The van der Waals surface area contributed by atoms with Gasteiger partial charge in [-0.15, -0.1) is 0 Å². The van der Waals surface area contributed by atoms with E-state index in [2.05, 4.69) is 49.1 Å². The number of ketones is 1. The lowest BCUT2D eigenvalue weighted by Crippen LogP contribution is -2.21. The summed E-state index contributed by atoms with van der Waals surface area (Å²) in [5, 5.41) is 0. The van der Waals surface area contributed by atoms with Gasteiger partial charge in [0, 0.05) is 30.3 Å². The molecule has 0 heterocycles. The first-order chi connectivity index (χ1) is 10.7. The van der Waals surface area contributed by atoms with Crippen LogP contribution in [-0.4, -0.2) is 18.9 Å². The number of carbonyl (C=O) groups is 1. The molecule has 1 unspecified atom stereocenters. The standard InChI is InChI=1S/C20H23NO/c1-3-21(4-2)18-11-9-15(10-12-18)13-17-14-16-7-5-6-8-19(16)20(17)22/h5-12,17H,3-4,13-14H2,1-2H3. The number of benzene rings is 2. The summed E-state index contributed by atoms with van der Waals surface area (Å²) in [4.78, 5) is 14.8. The topological polar surface area (TPSA) is 20.3 Å². The molecule has 2 aromatic carbocycles. The van der Waals surface area contributed by atoms with Gasteiger partial charge in [0.25, 0.3) is 0 Å². The van der Waals surface area contributed by atoms with E-state index in [1.54, 1.807) is 0 Å². The average molecular weight is 293 g/mol. The fraction of sp³-hybridized carbons (Fsp3) is 0.350. The van der Waals surface area contributed by atoms with Crippen molar-refractivity contribution in [3.8, 4) is 0 Å². The van der Waals surface area contributed by atoms with Crippen LogP contribution in [0.5, 0.6) is 0 Å². The third kappa shape index (κ3) is 2.78. The maximum Gasteiger partial charge on any atom is 0.166 e. The van der Waals surface area contributed by atoms with Crippen LogP contribution in [-0.2, 0) is 12.8 Å². The largest absolute Gasteiger partial charge is 0.372 e. The summed E-state index contributed by atoms with van der Waals surface area (Å²) < 4.78 is 0. The van der Waals surface area contributed by atoms with E-state index >= 15 is 0 Å². The second kappa shape index (κ2) is 6.35. The van der Waals surface area contributed by atoms with Crippen LogP contribution in [0.4, 0.5) is 5.69 Å². The van der Waals surface area contributed by atoms with Crippen LogP contribution in [0, 0.1) is 5.92 Å². The highest BCUT2D eigenvalue weighted by Crippen LogP contribution is 2.29. The summed E-state index contributed by atoms with van der Waals surface area (Å²) in [6.07, 6.45) is 1.72. The molecule has 0 radical (unpaired) electrons. The normalized spacial score (nSPS) is 16.6. The van der Waals surface area contributed by atoms with Crippen molar-refractivity contribution in [1.82, 2.24) is 0 Å². The first-order valence-electron chi connectivity index (χ1n) is 8.19. The van der Waals surface area contributed by atoms with Gasteiger partial charge in [0.2, 0.25) is 0 Å². The summed E-state index contributed by atoms with van der Waals surface area (Å²) in [7, 11) is 0. The van der Waals surface area contributed by atoms with Gasteiger partial charge >= 0.3 is 0 Å². The van der Waals surface area contributed by atoms with Gasteiger partial charge in [-0.25, -0.2) is 0 Å². The Morgan fingerprint density at radius 3 is 2.32 bits per heavy atom. The van der Waals surface area contributed by atoms with Gasteiger partial charge in [-0.05, 0) is 49.9 Å².